The molecule has 0 saturated carbocycles. The van der Waals surface area contributed by atoms with Crippen LogP contribution in [0.2, 0.25) is 0 Å². The number of amides is 3. The first kappa shape index (κ1) is 14.6. The number of nitrogens with one attached hydrogen (secondary N) is 2. The maximum Gasteiger partial charge on any atom is 0.329 e. The number of hydrogen-bond acceptors (Lipinski definition) is 3. The van der Waals surface area contributed by atoms with E-state index in [0.717, 1.165) is 19.3 Å². The van der Waals surface area contributed by atoms with Crippen LogP contribution in [0.5, 0.6) is 0 Å². The minimum absolute atomic E-state index is 0.196. The van der Waals surface area contributed by atoms with E-state index in [4.69, 9.17) is 0 Å². The second-order valence-electron chi connectivity index (χ2n) is 5.62. The molecule has 7 nitrogen and oxygen atoms in total. The molecule has 0 aromatic heterocycles. The lowest BCUT2D eigenvalue weighted by Crippen LogP contribution is -2.62. The third kappa shape index (κ3) is 2.71. The van der Waals surface area contributed by atoms with Gasteiger partial charge in [-0.15, -0.1) is 0 Å². The fourth-order valence-corrected chi connectivity index (χ4v) is 2.81. The number of carbonyl (C=O) groups excluding carboxylic acids is 2. The van der Waals surface area contributed by atoms with E-state index < -0.39 is 23.6 Å². The van der Waals surface area contributed by atoms with Gasteiger partial charge in [-0.05, 0) is 39.0 Å². The lowest BCUT2D eigenvalue weighted by molar-refractivity contribution is -0.150. The highest BCUT2D eigenvalue weighted by molar-refractivity contribution is 5.90. The summed E-state index contributed by atoms with van der Waals surface area (Å²) in [7, 11) is 0. The van der Waals surface area contributed by atoms with E-state index in [0.29, 0.717) is 25.9 Å². The SMILES string of the molecule is CC1(C(=O)O)CCCCN1C(=O)NC1CCCNC1=O. The van der Waals surface area contributed by atoms with Gasteiger partial charge in [0.2, 0.25) is 5.91 Å². The molecule has 2 aliphatic rings. The molecule has 0 aromatic carbocycles. The van der Waals surface area contributed by atoms with E-state index >= 15 is 0 Å². The largest absolute Gasteiger partial charge is 0.480 e. The van der Waals surface area contributed by atoms with Crippen LogP contribution >= 0.6 is 0 Å². The summed E-state index contributed by atoms with van der Waals surface area (Å²) in [6.07, 6.45) is 3.42. The number of rotatable bonds is 2. The molecule has 2 saturated heterocycles. The van der Waals surface area contributed by atoms with Gasteiger partial charge in [0.1, 0.15) is 11.6 Å². The van der Waals surface area contributed by atoms with Crippen LogP contribution in [0.15, 0.2) is 0 Å². The number of likely N-dealkylation sites (tertiary alicyclic amines) is 1. The number of urea groups is 1. The lowest BCUT2D eigenvalue weighted by atomic mass is 9.89. The molecule has 2 unspecified atom stereocenters. The Bertz CT molecular complexity index is 426. The minimum atomic E-state index is -1.19. The summed E-state index contributed by atoms with van der Waals surface area (Å²) < 4.78 is 0. The zero-order chi connectivity index (χ0) is 14.8. The van der Waals surface area contributed by atoms with Gasteiger partial charge in [-0.3, -0.25) is 4.79 Å². The average molecular weight is 283 g/mol. The molecule has 2 aliphatic heterocycles. The Hall–Kier alpha value is -1.79. The number of piperidine rings is 2. The van der Waals surface area contributed by atoms with E-state index in [1.165, 1.54) is 4.90 Å². The Labute approximate surface area is 117 Å². The number of carboxylic acids is 1. The van der Waals surface area contributed by atoms with Gasteiger partial charge in [0.15, 0.2) is 0 Å². The van der Waals surface area contributed by atoms with Gasteiger partial charge in [0.25, 0.3) is 0 Å². The fourth-order valence-electron chi connectivity index (χ4n) is 2.81. The van der Waals surface area contributed by atoms with Crippen LogP contribution in [-0.4, -0.2) is 52.6 Å². The topological polar surface area (TPSA) is 98.7 Å². The van der Waals surface area contributed by atoms with Crippen LogP contribution in [0.25, 0.3) is 0 Å². The second kappa shape index (κ2) is 5.68. The zero-order valence-electron chi connectivity index (χ0n) is 11.6. The summed E-state index contributed by atoms with van der Waals surface area (Å²) in [5, 5.41) is 14.7. The number of hydrogen-bond donors (Lipinski definition) is 3. The molecule has 2 atom stereocenters. The Balaban J connectivity index is 2.06. The van der Waals surface area contributed by atoms with Crippen molar-refractivity contribution in [2.75, 3.05) is 13.1 Å². The van der Waals surface area contributed by atoms with Crippen LogP contribution < -0.4 is 10.6 Å². The van der Waals surface area contributed by atoms with Crippen LogP contribution in [-0.2, 0) is 9.59 Å². The molecular formula is C13H21N3O4. The predicted molar refractivity (Wildman–Crippen MR) is 71.2 cm³/mol. The van der Waals surface area contributed by atoms with Gasteiger partial charge in [-0.1, -0.05) is 0 Å². The molecule has 3 N–H and O–H groups in total. The Morgan fingerprint density at radius 1 is 1.40 bits per heavy atom. The summed E-state index contributed by atoms with van der Waals surface area (Å²) in [5.41, 5.74) is -1.19. The lowest BCUT2D eigenvalue weighted by Gasteiger charge is -2.42. The van der Waals surface area contributed by atoms with Gasteiger partial charge in [0, 0.05) is 13.1 Å². The molecule has 2 heterocycles. The summed E-state index contributed by atoms with van der Waals surface area (Å²) in [4.78, 5) is 36.7. The predicted octanol–water partition coefficient (Wildman–Crippen LogP) is 0.304. The molecule has 0 aromatic rings. The molecule has 2 rings (SSSR count). The van der Waals surface area contributed by atoms with Crippen molar-refractivity contribution in [3.8, 4) is 0 Å². The Morgan fingerprint density at radius 3 is 2.80 bits per heavy atom. The monoisotopic (exact) mass is 283 g/mol. The van der Waals surface area contributed by atoms with Crippen LogP contribution in [0.3, 0.4) is 0 Å². The van der Waals surface area contributed by atoms with Gasteiger partial charge in [-0.25, -0.2) is 9.59 Å². The maximum absolute atomic E-state index is 12.3. The van der Waals surface area contributed by atoms with Gasteiger partial charge in [-0.2, -0.15) is 0 Å². The van der Waals surface area contributed by atoms with Crippen LogP contribution in [0.1, 0.15) is 39.0 Å². The molecular weight excluding hydrogens is 262 g/mol. The first-order chi connectivity index (χ1) is 9.45. The highest BCUT2D eigenvalue weighted by atomic mass is 16.4. The van der Waals surface area contributed by atoms with Crippen molar-refractivity contribution in [2.24, 2.45) is 0 Å². The Morgan fingerprint density at radius 2 is 2.15 bits per heavy atom. The molecule has 2 fully saturated rings. The van der Waals surface area contributed by atoms with Crippen LogP contribution in [0.4, 0.5) is 4.79 Å². The van der Waals surface area contributed by atoms with Crippen molar-refractivity contribution < 1.29 is 19.5 Å². The summed E-state index contributed by atoms with van der Waals surface area (Å²) in [5.74, 6) is -1.20. The summed E-state index contributed by atoms with van der Waals surface area (Å²) in [6, 6.07) is -1.02. The fraction of sp³-hybridized carbons (Fsp3) is 0.769. The quantitative estimate of drug-likeness (QED) is 0.679. The average Bonchev–Trinajstić information content (AvgIpc) is 2.41. The van der Waals surface area contributed by atoms with E-state index in [1.807, 2.05) is 0 Å². The maximum atomic E-state index is 12.3. The Kier molecular flexibility index (Phi) is 4.15. The van der Waals surface area contributed by atoms with Crippen molar-refractivity contribution in [2.45, 2.75) is 50.6 Å². The number of carboxylic acid groups (broad SMARTS) is 1. The van der Waals surface area contributed by atoms with Gasteiger partial charge >= 0.3 is 12.0 Å². The zero-order valence-corrected chi connectivity index (χ0v) is 11.6. The highest BCUT2D eigenvalue weighted by Crippen LogP contribution is 2.28. The molecule has 3 amide bonds. The van der Waals surface area contributed by atoms with Crippen LogP contribution in [0, 0.1) is 0 Å². The molecule has 7 heteroatoms. The van der Waals surface area contributed by atoms with E-state index in [1.54, 1.807) is 6.92 Å². The van der Waals surface area contributed by atoms with E-state index in [2.05, 4.69) is 10.6 Å². The summed E-state index contributed by atoms with van der Waals surface area (Å²) in [6.45, 7) is 2.60. The van der Waals surface area contributed by atoms with E-state index in [9.17, 15) is 19.5 Å². The minimum Gasteiger partial charge on any atom is -0.480 e. The number of nitrogens with zero attached hydrogens (tertiary/aromatic N) is 1. The second-order valence-corrected chi connectivity index (χ2v) is 5.62. The highest BCUT2D eigenvalue weighted by Gasteiger charge is 2.44. The third-order valence-corrected chi connectivity index (χ3v) is 4.18. The van der Waals surface area contributed by atoms with Crippen molar-refractivity contribution in [1.82, 2.24) is 15.5 Å². The molecule has 20 heavy (non-hydrogen) atoms. The third-order valence-electron chi connectivity index (χ3n) is 4.18. The molecule has 112 valence electrons. The van der Waals surface area contributed by atoms with Crippen molar-refractivity contribution in [3.63, 3.8) is 0 Å². The molecule has 0 radical (unpaired) electrons. The number of carbonyl (C=O) groups is 3. The smallest absolute Gasteiger partial charge is 0.329 e. The van der Waals surface area contributed by atoms with Crippen molar-refractivity contribution in [3.05, 3.63) is 0 Å². The first-order valence-electron chi connectivity index (χ1n) is 7.04. The van der Waals surface area contributed by atoms with E-state index in [-0.39, 0.29) is 5.91 Å². The molecule has 0 bridgehead atoms. The molecule has 0 aliphatic carbocycles. The van der Waals surface area contributed by atoms with Crippen molar-refractivity contribution in [1.29, 1.82) is 0 Å². The van der Waals surface area contributed by atoms with Crippen molar-refractivity contribution >= 4 is 17.9 Å². The first-order valence-corrected chi connectivity index (χ1v) is 7.04. The normalized spacial score (nSPS) is 30.6. The van der Waals surface area contributed by atoms with Gasteiger partial charge < -0.3 is 20.6 Å². The standard InChI is InChI=1S/C13H21N3O4/c1-13(11(18)19)6-2-3-8-16(13)12(20)15-9-5-4-7-14-10(9)17/h9H,2-8H2,1H3,(H,14,17)(H,15,20)(H,18,19). The summed E-state index contributed by atoms with van der Waals surface area (Å²) >= 11 is 0. The number of aliphatic carboxylic acids is 1. The van der Waals surface area contributed by atoms with Gasteiger partial charge in [0.05, 0.1) is 0 Å². The molecule has 0 spiro atoms.